The van der Waals surface area contributed by atoms with Crippen LogP contribution in [0.2, 0.25) is 0 Å². The number of amides is 3. The first kappa shape index (κ1) is 13.6. The Hall–Kier alpha value is -1.38. The standard InChI is InChI=1S/C12H20N4O4/c1-19-16-9-2-3-10(15(8-9)12(16)18)11(17)13-14-4-6-20-7-5-14/h9-10H,2-8H2,1H3,(H,13,17)/t9-,10+/m1/s1. The minimum atomic E-state index is -0.401. The second-order valence-electron chi connectivity index (χ2n) is 5.27. The summed E-state index contributed by atoms with van der Waals surface area (Å²) in [4.78, 5) is 31.2. The Morgan fingerprint density at radius 3 is 2.80 bits per heavy atom. The van der Waals surface area contributed by atoms with E-state index in [1.54, 1.807) is 4.90 Å². The topological polar surface area (TPSA) is 74.4 Å². The summed E-state index contributed by atoms with van der Waals surface area (Å²) in [7, 11) is 1.49. The number of carbonyl (C=O) groups excluding carboxylic acids is 2. The number of ether oxygens (including phenoxy) is 1. The molecule has 2 bridgehead atoms. The summed E-state index contributed by atoms with van der Waals surface area (Å²) in [5.41, 5.74) is 2.89. The maximum Gasteiger partial charge on any atom is 0.345 e. The van der Waals surface area contributed by atoms with Gasteiger partial charge in [-0.1, -0.05) is 0 Å². The Morgan fingerprint density at radius 2 is 2.10 bits per heavy atom. The third-order valence-corrected chi connectivity index (χ3v) is 4.10. The molecule has 0 radical (unpaired) electrons. The number of piperidine rings is 1. The van der Waals surface area contributed by atoms with Gasteiger partial charge in [0, 0.05) is 19.6 Å². The van der Waals surface area contributed by atoms with Gasteiger partial charge in [-0.25, -0.2) is 9.80 Å². The summed E-state index contributed by atoms with van der Waals surface area (Å²) >= 11 is 0. The second-order valence-corrected chi connectivity index (χ2v) is 5.27. The summed E-state index contributed by atoms with van der Waals surface area (Å²) in [6.45, 7) is 3.16. The Kier molecular flexibility index (Phi) is 3.77. The van der Waals surface area contributed by atoms with Crippen molar-refractivity contribution in [3.63, 3.8) is 0 Å². The van der Waals surface area contributed by atoms with E-state index < -0.39 is 6.04 Å². The maximum atomic E-state index is 12.3. The number of hydrogen-bond donors (Lipinski definition) is 1. The van der Waals surface area contributed by atoms with Gasteiger partial charge in [-0.05, 0) is 12.8 Å². The molecule has 112 valence electrons. The van der Waals surface area contributed by atoms with E-state index in [9.17, 15) is 9.59 Å². The Balaban J connectivity index is 1.62. The average molecular weight is 284 g/mol. The number of hydroxylamine groups is 2. The van der Waals surface area contributed by atoms with Gasteiger partial charge >= 0.3 is 6.03 Å². The van der Waals surface area contributed by atoms with Crippen molar-refractivity contribution in [1.29, 1.82) is 0 Å². The van der Waals surface area contributed by atoms with E-state index >= 15 is 0 Å². The predicted molar refractivity (Wildman–Crippen MR) is 68.3 cm³/mol. The Bertz CT molecular complexity index is 399. The molecule has 0 saturated carbocycles. The molecule has 1 N–H and O–H groups in total. The van der Waals surface area contributed by atoms with E-state index in [0.29, 0.717) is 39.3 Å². The monoisotopic (exact) mass is 284 g/mol. The van der Waals surface area contributed by atoms with Crippen molar-refractivity contribution >= 4 is 11.9 Å². The maximum absolute atomic E-state index is 12.3. The van der Waals surface area contributed by atoms with Crippen LogP contribution in [0.1, 0.15) is 12.8 Å². The van der Waals surface area contributed by atoms with Crippen LogP contribution >= 0.6 is 0 Å². The van der Waals surface area contributed by atoms with Crippen LogP contribution in [-0.2, 0) is 14.4 Å². The van der Waals surface area contributed by atoms with Gasteiger partial charge in [0.05, 0.1) is 26.4 Å². The van der Waals surface area contributed by atoms with Gasteiger partial charge < -0.3 is 9.64 Å². The molecule has 8 nitrogen and oxygen atoms in total. The Morgan fingerprint density at radius 1 is 1.35 bits per heavy atom. The van der Waals surface area contributed by atoms with Crippen LogP contribution < -0.4 is 5.43 Å². The number of rotatable bonds is 3. The lowest BCUT2D eigenvalue weighted by Crippen LogP contribution is -2.56. The summed E-state index contributed by atoms with van der Waals surface area (Å²) in [5.74, 6) is -0.114. The summed E-state index contributed by atoms with van der Waals surface area (Å²) < 4.78 is 5.24. The zero-order valence-electron chi connectivity index (χ0n) is 11.6. The zero-order chi connectivity index (χ0) is 14.1. The fourth-order valence-electron chi connectivity index (χ4n) is 3.04. The number of fused-ring (bicyclic) bond motifs is 2. The number of morpholine rings is 1. The van der Waals surface area contributed by atoms with E-state index in [0.717, 1.165) is 6.42 Å². The van der Waals surface area contributed by atoms with Crippen molar-refractivity contribution in [3.8, 4) is 0 Å². The third kappa shape index (κ3) is 2.34. The number of carbonyl (C=O) groups is 2. The SMILES string of the molecule is CON1C(=O)N2C[C@H]1CC[C@H]2C(=O)NN1CCOCC1. The van der Waals surface area contributed by atoms with Crippen LogP contribution in [0, 0.1) is 0 Å². The molecule has 2 atom stereocenters. The molecule has 3 heterocycles. The molecule has 0 aromatic rings. The van der Waals surface area contributed by atoms with Gasteiger partial charge in [-0.15, -0.1) is 0 Å². The lowest BCUT2D eigenvalue weighted by molar-refractivity contribution is -0.133. The molecule has 20 heavy (non-hydrogen) atoms. The average Bonchev–Trinajstić information content (AvgIpc) is 2.71. The summed E-state index contributed by atoms with van der Waals surface area (Å²) in [6, 6.07) is -0.543. The zero-order valence-corrected chi connectivity index (χ0v) is 11.6. The number of hydrazine groups is 1. The van der Waals surface area contributed by atoms with Gasteiger partial charge in [-0.3, -0.25) is 15.1 Å². The predicted octanol–water partition coefficient (Wildman–Crippen LogP) is -0.820. The lowest BCUT2D eigenvalue weighted by Gasteiger charge is -2.33. The summed E-state index contributed by atoms with van der Waals surface area (Å²) in [6.07, 6.45) is 1.46. The molecule has 0 aliphatic carbocycles. The van der Waals surface area contributed by atoms with Gasteiger partial charge in [0.25, 0.3) is 5.91 Å². The summed E-state index contributed by atoms with van der Waals surface area (Å²) in [5, 5.41) is 3.23. The molecular formula is C12H20N4O4. The minimum absolute atomic E-state index is 0.0694. The van der Waals surface area contributed by atoms with Crippen molar-refractivity contribution in [2.45, 2.75) is 24.9 Å². The number of urea groups is 1. The molecule has 3 fully saturated rings. The molecule has 0 unspecified atom stereocenters. The minimum Gasteiger partial charge on any atom is -0.379 e. The number of nitrogens with one attached hydrogen (secondary N) is 1. The highest BCUT2D eigenvalue weighted by Gasteiger charge is 2.47. The van der Waals surface area contributed by atoms with Crippen molar-refractivity contribution in [2.75, 3.05) is 40.0 Å². The van der Waals surface area contributed by atoms with E-state index in [1.165, 1.54) is 12.2 Å². The first-order valence-corrected chi connectivity index (χ1v) is 6.98. The van der Waals surface area contributed by atoms with Crippen LogP contribution in [0.5, 0.6) is 0 Å². The molecule has 0 aromatic carbocycles. The smallest absolute Gasteiger partial charge is 0.345 e. The molecule has 3 saturated heterocycles. The van der Waals surface area contributed by atoms with Crippen LogP contribution in [-0.4, -0.2) is 79.0 Å². The first-order chi connectivity index (χ1) is 9.70. The number of hydrogen-bond acceptors (Lipinski definition) is 5. The van der Waals surface area contributed by atoms with Gasteiger partial charge in [-0.2, -0.15) is 5.06 Å². The van der Waals surface area contributed by atoms with Crippen molar-refractivity contribution < 1.29 is 19.2 Å². The fourth-order valence-corrected chi connectivity index (χ4v) is 3.04. The normalized spacial score (nSPS) is 30.8. The van der Waals surface area contributed by atoms with Crippen LogP contribution in [0.25, 0.3) is 0 Å². The van der Waals surface area contributed by atoms with Crippen LogP contribution in [0.15, 0.2) is 0 Å². The molecule has 3 aliphatic heterocycles. The molecule has 3 amide bonds. The quantitative estimate of drug-likeness (QED) is 0.733. The van der Waals surface area contributed by atoms with Crippen molar-refractivity contribution in [2.24, 2.45) is 0 Å². The lowest BCUT2D eigenvalue weighted by atomic mass is 10.0. The molecule has 0 spiro atoms. The largest absolute Gasteiger partial charge is 0.379 e. The first-order valence-electron chi connectivity index (χ1n) is 6.98. The molecular weight excluding hydrogens is 264 g/mol. The highest BCUT2D eigenvalue weighted by molar-refractivity contribution is 5.88. The molecule has 3 aliphatic rings. The highest BCUT2D eigenvalue weighted by atomic mass is 16.7. The van der Waals surface area contributed by atoms with Gasteiger partial charge in [0.2, 0.25) is 0 Å². The van der Waals surface area contributed by atoms with Crippen molar-refractivity contribution in [3.05, 3.63) is 0 Å². The third-order valence-electron chi connectivity index (χ3n) is 4.10. The van der Waals surface area contributed by atoms with E-state index in [4.69, 9.17) is 9.57 Å². The number of nitrogens with zero attached hydrogens (tertiary/aromatic N) is 3. The van der Waals surface area contributed by atoms with Gasteiger partial charge in [0.1, 0.15) is 6.04 Å². The molecule has 8 heteroatoms. The Labute approximate surface area is 117 Å². The van der Waals surface area contributed by atoms with Gasteiger partial charge in [0.15, 0.2) is 0 Å². The highest BCUT2D eigenvalue weighted by Crippen LogP contribution is 2.29. The van der Waals surface area contributed by atoms with E-state index in [-0.39, 0.29) is 18.0 Å². The second kappa shape index (κ2) is 5.55. The molecule has 3 rings (SSSR count). The molecule has 0 aromatic heterocycles. The van der Waals surface area contributed by atoms with Crippen LogP contribution in [0.3, 0.4) is 0 Å². The van der Waals surface area contributed by atoms with Crippen LogP contribution in [0.4, 0.5) is 4.79 Å². The van der Waals surface area contributed by atoms with E-state index in [1.807, 2.05) is 5.01 Å². The fraction of sp³-hybridized carbons (Fsp3) is 0.833. The van der Waals surface area contributed by atoms with Crippen molar-refractivity contribution in [1.82, 2.24) is 20.4 Å². The van der Waals surface area contributed by atoms with E-state index in [2.05, 4.69) is 5.43 Å².